The molecule has 0 unspecified atom stereocenters. The van der Waals surface area contributed by atoms with Gasteiger partial charge in [0.2, 0.25) is 0 Å². The zero-order chi connectivity index (χ0) is 24.6. The van der Waals surface area contributed by atoms with Crippen molar-refractivity contribution in [3.8, 4) is 11.5 Å². The summed E-state index contributed by atoms with van der Waals surface area (Å²) in [5, 5.41) is 3.38. The first-order valence-corrected chi connectivity index (χ1v) is 11.8. The topological polar surface area (TPSA) is 91.7 Å². The molecule has 0 aliphatic carbocycles. The SMILES string of the molecule is COc1cc(NC(=O)COC(=O)CSc2nc3ccccc3n2Cc2ccccc2)cc(OC)c1. The van der Waals surface area contributed by atoms with Crippen LogP contribution in [0, 0.1) is 0 Å². The van der Waals surface area contributed by atoms with E-state index < -0.39 is 18.5 Å². The van der Waals surface area contributed by atoms with Crippen LogP contribution in [0.4, 0.5) is 5.69 Å². The van der Waals surface area contributed by atoms with Crippen molar-refractivity contribution in [2.45, 2.75) is 11.7 Å². The van der Waals surface area contributed by atoms with Crippen molar-refractivity contribution >= 4 is 40.4 Å². The predicted octanol–water partition coefficient (Wildman–Crippen LogP) is 4.38. The van der Waals surface area contributed by atoms with Crippen LogP contribution >= 0.6 is 11.8 Å². The highest BCUT2D eigenvalue weighted by Gasteiger charge is 2.15. The number of anilines is 1. The standard InChI is InChI=1S/C26H25N3O5S/c1-32-20-12-19(13-21(14-20)33-2)27-24(30)16-34-25(31)17-35-26-28-22-10-6-7-11-23(22)29(26)15-18-8-4-3-5-9-18/h3-14H,15-17H2,1-2H3,(H,27,30). The lowest BCUT2D eigenvalue weighted by Crippen LogP contribution is -2.21. The Morgan fingerprint density at radius 3 is 2.34 bits per heavy atom. The Kier molecular flexibility index (Phi) is 7.89. The number of ether oxygens (including phenoxy) is 3. The Bertz CT molecular complexity index is 1300. The van der Waals surface area contributed by atoms with Crippen LogP contribution < -0.4 is 14.8 Å². The number of thioether (sulfide) groups is 1. The summed E-state index contributed by atoms with van der Waals surface area (Å²) < 4.78 is 17.6. The second kappa shape index (κ2) is 11.4. The Labute approximate surface area is 207 Å². The van der Waals surface area contributed by atoms with E-state index in [1.807, 2.05) is 54.6 Å². The number of methoxy groups -OCH3 is 2. The fraction of sp³-hybridized carbons (Fsp3) is 0.192. The number of benzene rings is 3. The van der Waals surface area contributed by atoms with Crippen LogP contribution in [0.2, 0.25) is 0 Å². The molecule has 3 aromatic carbocycles. The molecule has 1 heterocycles. The largest absolute Gasteiger partial charge is 0.497 e. The number of carbonyl (C=O) groups excluding carboxylic acids is 2. The Morgan fingerprint density at radius 1 is 0.943 bits per heavy atom. The molecule has 1 amide bonds. The number of fused-ring (bicyclic) bond motifs is 1. The minimum absolute atomic E-state index is 0.0262. The summed E-state index contributed by atoms with van der Waals surface area (Å²) in [6, 6.07) is 22.9. The molecule has 0 radical (unpaired) electrons. The maximum atomic E-state index is 12.4. The summed E-state index contributed by atoms with van der Waals surface area (Å²) in [6.07, 6.45) is 0. The molecule has 0 spiro atoms. The molecule has 9 heteroatoms. The van der Waals surface area contributed by atoms with Gasteiger partial charge in [0.1, 0.15) is 11.5 Å². The molecule has 0 aliphatic heterocycles. The van der Waals surface area contributed by atoms with E-state index in [0.717, 1.165) is 16.6 Å². The molecule has 0 atom stereocenters. The highest BCUT2D eigenvalue weighted by molar-refractivity contribution is 7.99. The lowest BCUT2D eigenvalue weighted by molar-refractivity contribution is -0.144. The van der Waals surface area contributed by atoms with E-state index in [-0.39, 0.29) is 5.75 Å². The number of aromatic nitrogens is 2. The molecule has 180 valence electrons. The van der Waals surface area contributed by atoms with E-state index >= 15 is 0 Å². The smallest absolute Gasteiger partial charge is 0.316 e. The molecule has 35 heavy (non-hydrogen) atoms. The Morgan fingerprint density at radius 2 is 1.63 bits per heavy atom. The highest BCUT2D eigenvalue weighted by Crippen LogP contribution is 2.26. The average Bonchev–Trinajstić information content (AvgIpc) is 3.23. The van der Waals surface area contributed by atoms with Crippen LogP contribution in [-0.2, 0) is 20.9 Å². The Hall–Kier alpha value is -3.98. The van der Waals surface area contributed by atoms with Crippen molar-refractivity contribution in [2.75, 3.05) is 31.9 Å². The van der Waals surface area contributed by atoms with Crippen LogP contribution in [0.5, 0.6) is 11.5 Å². The molecular weight excluding hydrogens is 466 g/mol. The third-order valence-electron chi connectivity index (χ3n) is 5.12. The van der Waals surface area contributed by atoms with Crippen LogP contribution in [0.1, 0.15) is 5.56 Å². The van der Waals surface area contributed by atoms with Gasteiger partial charge < -0.3 is 24.1 Å². The van der Waals surface area contributed by atoms with Gasteiger partial charge >= 0.3 is 5.97 Å². The van der Waals surface area contributed by atoms with Crippen molar-refractivity contribution < 1.29 is 23.8 Å². The number of nitrogens with zero attached hydrogens (tertiary/aromatic N) is 2. The van der Waals surface area contributed by atoms with Crippen LogP contribution in [0.3, 0.4) is 0 Å². The summed E-state index contributed by atoms with van der Waals surface area (Å²) in [5.74, 6) is 0.123. The third kappa shape index (κ3) is 6.33. The summed E-state index contributed by atoms with van der Waals surface area (Å²) in [5.41, 5.74) is 3.45. The number of hydrogen-bond acceptors (Lipinski definition) is 7. The molecule has 0 aliphatic rings. The number of carbonyl (C=O) groups is 2. The molecule has 1 N–H and O–H groups in total. The number of para-hydroxylation sites is 2. The number of esters is 1. The monoisotopic (exact) mass is 491 g/mol. The molecule has 4 aromatic rings. The van der Waals surface area contributed by atoms with Gasteiger partial charge in [-0.05, 0) is 17.7 Å². The maximum absolute atomic E-state index is 12.4. The number of hydrogen-bond donors (Lipinski definition) is 1. The van der Waals surface area contributed by atoms with Gasteiger partial charge in [-0.2, -0.15) is 0 Å². The van der Waals surface area contributed by atoms with Crippen molar-refractivity contribution in [1.29, 1.82) is 0 Å². The van der Waals surface area contributed by atoms with Gasteiger partial charge in [0.25, 0.3) is 5.91 Å². The van der Waals surface area contributed by atoms with Gasteiger partial charge in [-0.25, -0.2) is 4.98 Å². The van der Waals surface area contributed by atoms with E-state index in [9.17, 15) is 9.59 Å². The van der Waals surface area contributed by atoms with Crippen LogP contribution in [0.15, 0.2) is 78.0 Å². The predicted molar refractivity (Wildman–Crippen MR) is 135 cm³/mol. The van der Waals surface area contributed by atoms with E-state index in [1.54, 1.807) is 18.2 Å². The molecule has 1 aromatic heterocycles. The van der Waals surface area contributed by atoms with E-state index in [1.165, 1.54) is 26.0 Å². The van der Waals surface area contributed by atoms with Crippen molar-refractivity contribution in [2.24, 2.45) is 0 Å². The fourth-order valence-electron chi connectivity index (χ4n) is 3.47. The molecule has 0 bridgehead atoms. The first-order valence-electron chi connectivity index (χ1n) is 10.9. The van der Waals surface area contributed by atoms with Crippen LogP contribution in [-0.4, -0.2) is 48.0 Å². The first kappa shape index (κ1) is 24.2. The van der Waals surface area contributed by atoms with Crippen molar-refractivity contribution in [1.82, 2.24) is 9.55 Å². The van der Waals surface area contributed by atoms with Gasteiger partial charge in [0.05, 0.1) is 37.6 Å². The molecule has 0 saturated heterocycles. The van der Waals surface area contributed by atoms with E-state index in [2.05, 4.69) is 14.9 Å². The maximum Gasteiger partial charge on any atom is 0.316 e. The van der Waals surface area contributed by atoms with Gasteiger partial charge in [0.15, 0.2) is 11.8 Å². The normalized spacial score (nSPS) is 10.7. The molecule has 4 rings (SSSR count). The summed E-state index contributed by atoms with van der Waals surface area (Å²) >= 11 is 1.28. The summed E-state index contributed by atoms with van der Waals surface area (Å²) in [4.78, 5) is 29.3. The van der Waals surface area contributed by atoms with Gasteiger partial charge in [-0.15, -0.1) is 0 Å². The highest BCUT2D eigenvalue weighted by atomic mass is 32.2. The summed E-state index contributed by atoms with van der Waals surface area (Å²) in [6.45, 7) is 0.227. The Balaban J connectivity index is 1.35. The van der Waals surface area contributed by atoms with Gasteiger partial charge in [0, 0.05) is 23.9 Å². The van der Waals surface area contributed by atoms with Crippen LogP contribution in [0.25, 0.3) is 11.0 Å². The number of nitrogens with one attached hydrogen (secondary N) is 1. The molecule has 0 saturated carbocycles. The van der Waals surface area contributed by atoms with Gasteiger partial charge in [-0.3, -0.25) is 9.59 Å². The second-order valence-electron chi connectivity index (χ2n) is 7.55. The second-order valence-corrected chi connectivity index (χ2v) is 8.50. The van der Waals surface area contributed by atoms with E-state index in [4.69, 9.17) is 14.2 Å². The third-order valence-corrected chi connectivity index (χ3v) is 6.07. The van der Waals surface area contributed by atoms with Crippen molar-refractivity contribution in [3.05, 3.63) is 78.4 Å². The zero-order valence-electron chi connectivity index (χ0n) is 19.4. The molecule has 8 nitrogen and oxygen atoms in total. The average molecular weight is 492 g/mol. The lowest BCUT2D eigenvalue weighted by atomic mass is 10.2. The van der Waals surface area contributed by atoms with Gasteiger partial charge in [-0.1, -0.05) is 54.2 Å². The number of rotatable bonds is 10. The van der Waals surface area contributed by atoms with Crippen molar-refractivity contribution in [3.63, 3.8) is 0 Å². The minimum Gasteiger partial charge on any atom is -0.497 e. The number of imidazole rings is 1. The quantitative estimate of drug-likeness (QED) is 0.260. The molecule has 0 fully saturated rings. The summed E-state index contributed by atoms with van der Waals surface area (Å²) in [7, 11) is 3.04. The first-order chi connectivity index (χ1) is 17.1. The zero-order valence-corrected chi connectivity index (χ0v) is 20.2. The van der Waals surface area contributed by atoms with E-state index in [0.29, 0.717) is 28.9 Å². The fourth-order valence-corrected chi connectivity index (χ4v) is 4.28. The minimum atomic E-state index is -0.508. The molecular formula is C26H25N3O5S. The lowest BCUT2D eigenvalue weighted by Gasteiger charge is -2.11. The number of amides is 1.